The molecule has 1 heterocycles. The third-order valence-corrected chi connectivity index (χ3v) is 2.83. The molecule has 0 amide bonds. The van der Waals surface area contributed by atoms with Crippen LogP contribution in [0.4, 0.5) is 0 Å². The number of guanidine groups is 1. The number of hydrogen-bond donors (Lipinski definition) is 2. The van der Waals surface area contributed by atoms with Gasteiger partial charge < -0.3 is 10.6 Å². The van der Waals surface area contributed by atoms with E-state index in [0.717, 1.165) is 23.8 Å². The topological polar surface area (TPSA) is 54.2 Å². The number of aliphatic imine (C=N–C) groups is 1. The van der Waals surface area contributed by atoms with E-state index in [1.54, 1.807) is 6.08 Å². The van der Waals surface area contributed by atoms with Crippen LogP contribution in [0.2, 0.25) is 0 Å². The zero-order valence-corrected chi connectivity index (χ0v) is 12.3. The van der Waals surface area contributed by atoms with E-state index in [1.165, 1.54) is 0 Å². The summed E-state index contributed by atoms with van der Waals surface area (Å²) in [4.78, 5) is 4.52. The molecule has 21 heavy (non-hydrogen) atoms. The first-order chi connectivity index (χ1) is 10.3. The van der Waals surface area contributed by atoms with Crippen LogP contribution in [-0.4, -0.2) is 28.8 Å². The lowest BCUT2D eigenvalue weighted by molar-refractivity contribution is 0.859. The van der Waals surface area contributed by atoms with Crippen molar-refractivity contribution >= 4 is 5.96 Å². The maximum absolute atomic E-state index is 4.52. The molecule has 2 aromatic rings. The molecular weight excluding hydrogens is 262 g/mol. The highest BCUT2D eigenvalue weighted by molar-refractivity contribution is 5.79. The molecule has 0 spiro atoms. The molecule has 0 bridgehead atoms. The average Bonchev–Trinajstić information content (AvgIpc) is 3.00. The van der Waals surface area contributed by atoms with Gasteiger partial charge in [-0.1, -0.05) is 24.3 Å². The molecular formula is C16H21N5. The highest BCUT2D eigenvalue weighted by Crippen LogP contribution is 2.08. The van der Waals surface area contributed by atoms with Crippen LogP contribution in [-0.2, 0) is 6.54 Å². The summed E-state index contributed by atoms with van der Waals surface area (Å²) < 4.78 is 1.86. The minimum absolute atomic E-state index is 0.583. The average molecular weight is 283 g/mol. The van der Waals surface area contributed by atoms with Gasteiger partial charge in [-0.25, -0.2) is 9.67 Å². The van der Waals surface area contributed by atoms with Crippen LogP contribution in [0.25, 0.3) is 5.69 Å². The molecule has 0 saturated carbocycles. The summed E-state index contributed by atoms with van der Waals surface area (Å²) in [5.74, 6) is 0.782. The molecule has 0 aliphatic rings. The number of nitrogens with zero attached hydrogens (tertiary/aromatic N) is 3. The molecule has 0 saturated heterocycles. The van der Waals surface area contributed by atoms with Crippen LogP contribution in [0, 0.1) is 0 Å². The van der Waals surface area contributed by atoms with Crippen LogP contribution in [0.1, 0.15) is 12.5 Å². The van der Waals surface area contributed by atoms with Gasteiger partial charge >= 0.3 is 0 Å². The maximum Gasteiger partial charge on any atom is 0.191 e. The molecule has 5 heteroatoms. The second kappa shape index (κ2) is 7.89. The lowest BCUT2D eigenvalue weighted by Gasteiger charge is -2.08. The Labute approximate surface area is 125 Å². The van der Waals surface area contributed by atoms with E-state index < -0.39 is 0 Å². The van der Waals surface area contributed by atoms with Gasteiger partial charge in [0.05, 0.1) is 18.4 Å². The fourth-order valence-corrected chi connectivity index (χ4v) is 1.84. The van der Waals surface area contributed by atoms with Gasteiger partial charge in [0.15, 0.2) is 5.96 Å². The first kappa shape index (κ1) is 14.8. The molecule has 2 N–H and O–H groups in total. The normalized spacial score (nSPS) is 11.2. The Bertz CT molecular complexity index is 586. The largest absolute Gasteiger partial charge is 0.357 e. The molecule has 1 aromatic heterocycles. The maximum atomic E-state index is 4.52. The second-order valence-electron chi connectivity index (χ2n) is 4.49. The van der Waals surface area contributed by atoms with Crippen LogP contribution in [0.15, 0.2) is 60.4 Å². The Morgan fingerprint density at radius 2 is 2.14 bits per heavy atom. The van der Waals surface area contributed by atoms with E-state index in [2.05, 4.69) is 27.3 Å². The molecule has 1 aromatic carbocycles. The molecule has 0 aliphatic carbocycles. The van der Waals surface area contributed by atoms with Crippen molar-refractivity contribution in [2.75, 3.05) is 13.1 Å². The zero-order valence-electron chi connectivity index (χ0n) is 12.3. The number of hydrogen-bond acceptors (Lipinski definition) is 2. The van der Waals surface area contributed by atoms with Gasteiger partial charge in [-0.05, 0) is 19.1 Å². The summed E-state index contributed by atoms with van der Waals surface area (Å²) in [6.45, 7) is 7.83. The first-order valence-electron chi connectivity index (χ1n) is 7.05. The van der Waals surface area contributed by atoms with Crippen LogP contribution in [0.5, 0.6) is 0 Å². The highest BCUT2D eigenvalue weighted by atomic mass is 15.3. The van der Waals surface area contributed by atoms with Gasteiger partial charge in [0.1, 0.15) is 0 Å². The van der Waals surface area contributed by atoms with Gasteiger partial charge in [-0.3, -0.25) is 0 Å². The summed E-state index contributed by atoms with van der Waals surface area (Å²) in [7, 11) is 0. The van der Waals surface area contributed by atoms with E-state index >= 15 is 0 Å². The molecule has 0 unspecified atom stereocenters. The van der Waals surface area contributed by atoms with Gasteiger partial charge in [0.25, 0.3) is 0 Å². The Morgan fingerprint density at radius 1 is 1.33 bits per heavy atom. The highest BCUT2D eigenvalue weighted by Gasteiger charge is 2.01. The van der Waals surface area contributed by atoms with Gasteiger partial charge in [-0.15, -0.1) is 6.58 Å². The first-order valence-corrected chi connectivity index (χ1v) is 7.05. The predicted octanol–water partition coefficient (Wildman–Crippen LogP) is 2.11. The standard InChI is InChI=1S/C16H21N5/c1-3-10-18-16(17-4-2)19-11-14-12-20-21(13-14)15-8-6-5-7-9-15/h3,5-9,12-13H,1,4,10-11H2,2H3,(H2,17,18,19). The second-order valence-corrected chi connectivity index (χ2v) is 4.49. The minimum atomic E-state index is 0.583. The summed E-state index contributed by atoms with van der Waals surface area (Å²) in [5.41, 5.74) is 2.11. The van der Waals surface area contributed by atoms with Crippen molar-refractivity contribution < 1.29 is 0 Å². The van der Waals surface area contributed by atoms with Crippen molar-refractivity contribution in [1.29, 1.82) is 0 Å². The Hall–Kier alpha value is -2.56. The molecule has 5 nitrogen and oxygen atoms in total. The molecule has 2 rings (SSSR count). The van der Waals surface area contributed by atoms with Gasteiger partial charge in [-0.2, -0.15) is 5.10 Å². The molecule has 0 fully saturated rings. The Morgan fingerprint density at radius 3 is 2.86 bits per heavy atom. The quantitative estimate of drug-likeness (QED) is 0.485. The van der Waals surface area contributed by atoms with Gasteiger partial charge in [0.2, 0.25) is 0 Å². The number of nitrogens with one attached hydrogen (secondary N) is 2. The lowest BCUT2D eigenvalue weighted by atomic mass is 10.3. The van der Waals surface area contributed by atoms with Crippen molar-refractivity contribution in [2.45, 2.75) is 13.5 Å². The SMILES string of the molecule is C=CCNC(=NCc1cnn(-c2ccccc2)c1)NCC. The number of rotatable bonds is 6. The van der Waals surface area contributed by atoms with E-state index in [1.807, 2.05) is 54.3 Å². The fourth-order valence-electron chi connectivity index (χ4n) is 1.84. The lowest BCUT2D eigenvalue weighted by Crippen LogP contribution is -2.37. The van der Waals surface area contributed by atoms with E-state index in [9.17, 15) is 0 Å². The molecule has 0 radical (unpaired) electrons. The van der Waals surface area contributed by atoms with Crippen LogP contribution < -0.4 is 10.6 Å². The van der Waals surface area contributed by atoms with Crippen LogP contribution in [0.3, 0.4) is 0 Å². The van der Waals surface area contributed by atoms with Crippen molar-refractivity contribution in [1.82, 2.24) is 20.4 Å². The molecule has 0 atom stereocenters. The number of benzene rings is 1. The zero-order chi connectivity index (χ0) is 14.9. The predicted molar refractivity (Wildman–Crippen MR) is 86.6 cm³/mol. The fraction of sp³-hybridized carbons (Fsp3) is 0.250. The van der Waals surface area contributed by atoms with Crippen molar-refractivity contribution in [3.8, 4) is 5.69 Å². The molecule has 0 aliphatic heterocycles. The smallest absolute Gasteiger partial charge is 0.191 e. The van der Waals surface area contributed by atoms with Crippen molar-refractivity contribution in [2.24, 2.45) is 4.99 Å². The summed E-state index contributed by atoms with van der Waals surface area (Å²) in [5, 5.41) is 10.7. The van der Waals surface area contributed by atoms with Crippen LogP contribution >= 0.6 is 0 Å². The summed E-state index contributed by atoms with van der Waals surface area (Å²) in [6, 6.07) is 10.0. The number of para-hydroxylation sites is 1. The van der Waals surface area contributed by atoms with Gasteiger partial charge in [0, 0.05) is 24.8 Å². The third-order valence-electron chi connectivity index (χ3n) is 2.83. The minimum Gasteiger partial charge on any atom is -0.357 e. The number of aromatic nitrogens is 2. The Kier molecular flexibility index (Phi) is 5.58. The Balaban J connectivity index is 2.02. The van der Waals surface area contributed by atoms with E-state index in [0.29, 0.717) is 13.1 Å². The van der Waals surface area contributed by atoms with Crippen molar-refractivity contribution in [3.05, 3.63) is 60.9 Å². The summed E-state index contributed by atoms with van der Waals surface area (Å²) in [6.07, 6.45) is 5.64. The van der Waals surface area contributed by atoms with Crippen molar-refractivity contribution in [3.63, 3.8) is 0 Å². The third kappa shape index (κ3) is 4.49. The molecule has 110 valence electrons. The summed E-state index contributed by atoms with van der Waals surface area (Å²) >= 11 is 0. The van der Waals surface area contributed by atoms with E-state index in [-0.39, 0.29) is 0 Å². The monoisotopic (exact) mass is 283 g/mol. The van der Waals surface area contributed by atoms with E-state index in [4.69, 9.17) is 0 Å².